The van der Waals surface area contributed by atoms with Crippen molar-refractivity contribution >= 4 is 17.5 Å². The van der Waals surface area contributed by atoms with Crippen LogP contribution in [0.3, 0.4) is 0 Å². The molecule has 0 fully saturated rings. The number of methoxy groups -OCH3 is 1. The molecule has 2 N–H and O–H groups in total. The second-order valence-corrected chi connectivity index (χ2v) is 5.61. The summed E-state index contributed by atoms with van der Waals surface area (Å²) in [6.07, 6.45) is 0.673. The highest BCUT2D eigenvalue weighted by Gasteiger charge is 2.08. The van der Waals surface area contributed by atoms with Crippen molar-refractivity contribution in [2.45, 2.75) is 19.8 Å². The number of anilines is 1. The van der Waals surface area contributed by atoms with Crippen molar-refractivity contribution < 1.29 is 18.7 Å². The summed E-state index contributed by atoms with van der Waals surface area (Å²) in [7, 11) is 1.57. The van der Waals surface area contributed by atoms with E-state index in [1.807, 2.05) is 6.07 Å². The molecule has 2 aromatic rings. The first-order valence-corrected chi connectivity index (χ1v) is 7.93. The van der Waals surface area contributed by atoms with Crippen molar-refractivity contribution in [1.29, 1.82) is 0 Å². The lowest BCUT2D eigenvalue weighted by atomic mass is 10.1. The number of hydrogen-bond acceptors (Lipinski definition) is 3. The van der Waals surface area contributed by atoms with E-state index in [-0.39, 0.29) is 24.1 Å². The van der Waals surface area contributed by atoms with Gasteiger partial charge in [0.25, 0.3) is 0 Å². The van der Waals surface area contributed by atoms with Crippen LogP contribution in [0.5, 0.6) is 5.75 Å². The molecule has 0 saturated carbocycles. The van der Waals surface area contributed by atoms with E-state index in [2.05, 4.69) is 10.6 Å². The molecule has 0 unspecified atom stereocenters. The maximum atomic E-state index is 13.1. The van der Waals surface area contributed by atoms with E-state index < -0.39 is 0 Å². The molecule has 5 nitrogen and oxygen atoms in total. The summed E-state index contributed by atoms with van der Waals surface area (Å²) < 4.78 is 18.4. The Morgan fingerprint density at radius 1 is 1.16 bits per heavy atom. The van der Waals surface area contributed by atoms with E-state index in [4.69, 9.17) is 4.74 Å². The lowest BCUT2D eigenvalue weighted by molar-refractivity contribution is -0.120. The van der Waals surface area contributed by atoms with Gasteiger partial charge in [0.05, 0.1) is 13.5 Å². The van der Waals surface area contributed by atoms with Gasteiger partial charge in [0.2, 0.25) is 11.8 Å². The van der Waals surface area contributed by atoms with Crippen LogP contribution in [0.1, 0.15) is 18.1 Å². The maximum Gasteiger partial charge on any atom is 0.224 e. The van der Waals surface area contributed by atoms with Gasteiger partial charge in [-0.05, 0) is 47.9 Å². The second-order valence-electron chi connectivity index (χ2n) is 5.61. The Morgan fingerprint density at radius 2 is 1.96 bits per heavy atom. The summed E-state index contributed by atoms with van der Waals surface area (Å²) in [5.74, 6) is 0.000370. The molecule has 0 saturated heterocycles. The molecule has 6 heteroatoms. The van der Waals surface area contributed by atoms with E-state index >= 15 is 0 Å². The summed E-state index contributed by atoms with van der Waals surface area (Å²) in [6, 6.07) is 11.3. The zero-order valence-corrected chi connectivity index (χ0v) is 14.3. The average Bonchev–Trinajstić information content (AvgIpc) is 2.54. The van der Waals surface area contributed by atoms with Crippen molar-refractivity contribution in [2.24, 2.45) is 0 Å². The van der Waals surface area contributed by atoms with Gasteiger partial charge in [-0.25, -0.2) is 4.39 Å². The SMILES string of the molecule is COc1ccc(NC(C)=O)cc1CCNC(=O)Cc1cccc(F)c1. The molecule has 0 aliphatic rings. The number of nitrogens with one attached hydrogen (secondary N) is 2. The molecule has 2 rings (SSSR count). The molecule has 0 aliphatic carbocycles. The minimum Gasteiger partial charge on any atom is -0.496 e. The standard InChI is InChI=1S/C19H21FN2O3/c1-13(23)22-17-6-7-18(25-2)15(12-17)8-9-21-19(24)11-14-4-3-5-16(20)10-14/h3-7,10,12H,8-9,11H2,1-2H3,(H,21,24)(H,22,23). The molecule has 0 radical (unpaired) electrons. The van der Waals surface area contributed by atoms with Gasteiger partial charge in [-0.3, -0.25) is 9.59 Å². The van der Waals surface area contributed by atoms with Crippen LogP contribution in [0.2, 0.25) is 0 Å². The summed E-state index contributed by atoms with van der Waals surface area (Å²) in [5, 5.41) is 5.52. The quantitative estimate of drug-likeness (QED) is 0.811. The minimum absolute atomic E-state index is 0.126. The fourth-order valence-corrected chi connectivity index (χ4v) is 2.49. The van der Waals surface area contributed by atoms with Crippen LogP contribution in [0, 0.1) is 5.82 Å². The summed E-state index contributed by atoms with van der Waals surface area (Å²) >= 11 is 0. The Hall–Kier alpha value is -2.89. The predicted molar refractivity (Wildman–Crippen MR) is 94.1 cm³/mol. The van der Waals surface area contributed by atoms with Gasteiger partial charge in [0.15, 0.2) is 0 Å². The number of carbonyl (C=O) groups excluding carboxylic acids is 2. The number of rotatable bonds is 7. The highest BCUT2D eigenvalue weighted by molar-refractivity contribution is 5.88. The maximum absolute atomic E-state index is 13.1. The van der Waals surface area contributed by atoms with Crippen LogP contribution >= 0.6 is 0 Å². The highest BCUT2D eigenvalue weighted by atomic mass is 19.1. The molecule has 0 aromatic heterocycles. The lowest BCUT2D eigenvalue weighted by Gasteiger charge is -2.12. The van der Waals surface area contributed by atoms with E-state index in [0.29, 0.717) is 30.0 Å². The van der Waals surface area contributed by atoms with Crippen LogP contribution in [-0.2, 0) is 22.4 Å². The molecular weight excluding hydrogens is 323 g/mol. The Kier molecular flexibility index (Phi) is 6.51. The van der Waals surface area contributed by atoms with Crippen LogP contribution in [0.4, 0.5) is 10.1 Å². The number of amides is 2. The van der Waals surface area contributed by atoms with Crippen LogP contribution in [-0.4, -0.2) is 25.5 Å². The Labute approximate surface area is 146 Å². The molecule has 0 spiro atoms. The summed E-state index contributed by atoms with van der Waals surface area (Å²) in [4.78, 5) is 23.1. The molecule has 0 atom stereocenters. The predicted octanol–water partition coefficient (Wildman–Crippen LogP) is 2.69. The summed E-state index contributed by atoms with van der Waals surface area (Å²) in [5.41, 5.74) is 2.18. The monoisotopic (exact) mass is 344 g/mol. The third-order valence-electron chi connectivity index (χ3n) is 3.57. The van der Waals surface area contributed by atoms with Gasteiger partial charge < -0.3 is 15.4 Å². The van der Waals surface area contributed by atoms with Crippen molar-refractivity contribution in [2.75, 3.05) is 19.0 Å². The molecular formula is C19H21FN2O3. The van der Waals surface area contributed by atoms with Gasteiger partial charge in [-0.15, -0.1) is 0 Å². The molecule has 132 valence electrons. The third kappa shape index (κ3) is 5.91. The third-order valence-corrected chi connectivity index (χ3v) is 3.57. The Morgan fingerprint density at radius 3 is 2.64 bits per heavy atom. The normalized spacial score (nSPS) is 10.2. The number of carbonyl (C=O) groups is 2. The van der Waals surface area contributed by atoms with E-state index in [1.54, 1.807) is 31.4 Å². The van der Waals surface area contributed by atoms with Crippen LogP contribution in [0.15, 0.2) is 42.5 Å². The molecule has 2 amide bonds. The number of hydrogen-bond donors (Lipinski definition) is 2. The minimum atomic E-state index is -0.357. The fraction of sp³-hybridized carbons (Fsp3) is 0.263. The van der Waals surface area contributed by atoms with Gasteiger partial charge in [-0.2, -0.15) is 0 Å². The van der Waals surface area contributed by atoms with E-state index in [0.717, 1.165) is 5.56 Å². The molecule has 0 heterocycles. The topological polar surface area (TPSA) is 67.4 Å². The van der Waals surface area contributed by atoms with Gasteiger partial charge in [0, 0.05) is 19.2 Å². The fourth-order valence-electron chi connectivity index (χ4n) is 2.49. The second kappa shape index (κ2) is 8.82. The van der Waals surface area contributed by atoms with Crippen LogP contribution in [0.25, 0.3) is 0 Å². The van der Waals surface area contributed by atoms with Crippen molar-refractivity contribution in [3.63, 3.8) is 0 Å². The van der Waals surface area contributed by atoms with Crippen molar-refractivity contribution in [3.8, 4) is 5.75 Å². The highest BCUT2D eigenvalue weighted by Crippen LogP contribution is 2.23. The molecule has 25 heavy (non-hydrogen) atoms. The zero-order valence-electron chi connectivity index (χ0n) is 14.3. The first-order valence-electron chi connectivity index (χ1n) is 7.93. The number of benzene rings is 2. The Bertz CT molecular complexity index is 762. The van der Waals surface area contributed by atoms with Crippen LogP contribution < -0.4 is 15.4 Å². The smallest absolute Gasteiger partial charge is 0.224 e. The van der Waals surface area contributed by atoms with Gasteiger partial charge in [0.1, 0.15) is 11.6 Å². The van der Waals surface area contributed by atoms with Crippen molar-refractivity contribution in [3.05, 3.63) is 59.4 Å². The number of ether oxygens (including phenoxy) is 1. The summed E-state index contributed by atoms with van der Waals surface area (Å²) in [6.45, 7) is 1.85. The lowest BCUT2D eigenvalue weighted by Crippen LogP contribution is -2.27. The first-order chi connectivity index (χ1) is 12.0. The van der Waals surface area contributed by atoms with Crippen molar-refractivity contribution in [1.82, 2.24) is 5.32 Å². The first kappa shape index (κ1) is 18.4. The Balaban J connectivity index is 1.91. The zero-order chi connectivity index (χ0) is 18.2. The van der Waals surface area contributed by atoms with Gasteiger partial charge in [-0.1, -0.05) is 12.1 Å². The largest absolute Gasteiger partial charge is 0.496 e. The number of halogens is 1. The molecule has 0 bridgehead atoms. The molecule has 2 aromatic carbocycles. The van der Waals surface area contributed by atoms with E-state index in [1.165, 1.54) is 19.1 Å². The molecule has 0 aliphatic heterocycles. The van der Waals surface area contributed by atoms with Gasteiger partial charge >= 0.3 is 0 Å². The van der Waals surface area contributed by atoms with E-state index in [9.17, 15) is 14.0 Å². The average molecular weight is 344 g/mol.